The number of carbonyl (C=O) groups excluding carboxylic acids is 2. The molecule has 120 valence electrons. The van der Waals surface area contributed by atoms with Crippen LogP contribution in [-0.4, -0.2) is 43.7 Å². The molecule has 2 atom stereocenters. The summed E-state index contributed by atoms with van der Waals surface area (Å²) in [4.78, 5) is 23.5. The molecule has 1 aliphatic rings. The van der Waals surface area contributed by atoms with Crippen LogP contribution >= 0.6 is 0 Å². The van der Waals surface area contributed by atoms with Crippen molar-refractivity contribution in [3.63, 3.8) is 0 Å². The Morgan fingerprint density at radius 1 is 1.27 bits per heavy atom. The molecule has 6 heteroatoms. The maximum atomic E-state index is 11.8. The lowest BCUT2D eigenvalue weighted by atomic mass is 10.0. The summed E-state index contributed by atoms with van der Waals surface area (Å²) in [5, 5.41) is 5.60. The van der Waals surface area contributed by atoms with Gasteiger partial charge in [0.2, 0.25) is 5.91 Å². The molecule has 0 spiro atoms. The van der Waals surface area contributed by atoms with Gasteiger partial charge in [-0.3, -0.25) is 9.59 Å². The minimum atomic E-state index is -0.409. The molecule has 0 bridgehead atoms. The molecule has 1 aromatic rings. The summed E-state index contributed by atoms with van der Waals surface area (Å²) in [5.41, 5.74) is 0. The smallest absolute Gasteiger partial charge is 0.258 e. The van der Waals surface area contributed by atoms with Crippen LogP contribution in [0.5, 0.6) is 5.75 Å². The van der Waals surface area contributed by atoms with Gasteiger partial charge in [-0.2, -0.15) is 0 Å². The average molecular weight is 306 g/mol. The number of rotatable bonds is 6. The van der Waals surface area contributed by atoms with E-state index in [1.54, 1.807) is 12.1 Å². The van der Waals surface area contributed by atoms with Crippen LogP contribution in [0.15, 0.2) is 30.3 Å². The van der Waals surface area contributed by atoms with Crippen molar-refractivity contribution in [2.24, 2.45) is 0 Å². The van der Waals surface area contributed by atoms with Crippen LogP contribution in [0.3, 0.4) is 0 Å². The highest BCUT2D eigenvalue weighted by Crippen LogP contribution is 2.14. The third-order valence-corrected chi connectivity index (χ3v) is 3.40. The van der Waals surface area contributed by atoms with Crippen LogP contribution < -0.4 is 15.4 Å². The SMILES string of the molecule is CCNC(=O)C1CCC(NC(=O)COc2ccccc2)CO1. The first-order chi connectivity index (χ1) is 10.7. The van der Waals surface area contributed by atoms with Crippen molar-refractivity contribution in [2.45, 2.75) is 31.9 Å². The van der Waals surface area contributed by atoms with Gasteiger partial charge in [0.1, 0.15) is 11.9 Å². The highest BCUT2D eigenvalue weighted by Gasteiger charge is 2.27. The van der Waals surface area contributed by atoms with E-state index < -0.39 is 6.10 Å². The van der Waals surface area contributed by atoms with Crippen molar-refractivity contribution >= 4 is 11.8 Å². The first-order valence-corrected chi connectivity index (χ1v) is 7.55. The summed E-state index contributed by atoms with van der Waals surface area (Å²) in [7, 11) is 0. The zero-order valence-corrected chi connectivity index (χ0v) is 12.7. The summed E-state index contributed by atoms with van der Waals surface area (Å²) in [5.74, 6) is 0.391. The van der Waals surface area contributed by atoms with Gasteiger partial charge < -0.3 is 20.1 Å². The topological polar surface area (TPSA) is 76.7 Å². The van der Waals surface area contributed by atoms with E-state index in [2.05, 4.69) is 10.6 Å². The van der Waals surface area contributed by atoms with Gasteiger partial charge in [-0.1, -0.05) is 18.2 Å². The van der Waals surface area contributed by atoms with Crippen molar-refractivity contribution < 1.29 is 19.1 Å². The molecule has 6 nitrogen and oxygen atoms in total. The third kappa shape index (κ3) is 5.04. The fourth-order valence-electron chi connectivity index (χ4n) is 2.30. The predicted molar refractivity (Wildman–Crippen MR) is 81.5 cm³/mol. The van der Waals surface area contributed by atoms with E-state index in [0.29, 0.717) is 25.3 Å². The maximum absolute atomic E-state index is 11.8. The number of amides is 2. The van der Waals surface area contributed by atoms with E-state index in [4.69, 9.17) is 9.47 Å². The van der Waals surface area contributed by atoms with Crippen molar-refractivity contribution in [1.29, 1.82) is 0 Å². The summed E-state index contributed by atoms with van der Waals surface area (Å²) in [6, 6.07) is 9.12. The molecule has 2 rings (SSSR count). The van der Waals surface area contributed by atoms with Gasteiger partial charge >= 0.3 is 0 Å². The minimum absolute atomic E-state index is 0.0275. The average Bonchev–Trinajstić information content (AvgIpc) is 2.55. The van der Waals surface area contributed by atoms with Gasteiger partial charge in [0.15, 0.2) is 6.61 Å². The first kappa shape index (κ1) is 16.3. The molecule has 0 aromatic heterocycles. The summed E-state index contributed by atoms with van der Waals surface area (Å²) in [6.07, 6.45) is 0.920. The Hall–Kier alpha value is -2.08. The molecule has 2 N–H and O–H groups in total. The number of likely N-dealkylation sites (N-methyl/N-ethyl adjacent to an activating group) is 1. The van der Waals surface area contributed by atoms with Gasteiger partial charge in [-0.25, -0.2) is 0 Å². The van der Waals surface area contributed by atoms with E-state index in [0.717, 1.165) is 6.42 Å². The van der Waals surface area contributed by atoms with Crippen molar-refractivity contribution in [2.75, 3.05) is 19.8 Å². The Labute approximate surface area is 130 Å². The summed E-state index contributed by atoms with van der Waals surface area (Å²) < 4.78 is 10.9. The highest BCUT2D eigenvalue weighted by molar-refractivity contribution is 5.81. The van der Waals surface area contributed by atoms with Crippen LogP contribution in [0.2, 0.25) is 0 Å². The highest BCUT2D eigenvalue weighted by atomic mass is 16.5. The Morgan fingerprint density at radius 3 is 2.68 bits per heavy atom. The molecule has 2 unspecified atom stereocenters. The Balaban J connectivity index is 1.67. The number of nitrogens with one attached hydrogen (secondary N) is 2. The van der Waals surface area contributed by atoms with Crippen LogP contribution in [0.4, 0.5) is 0 Å². The Bertz CT molecular complexity index is 484. The summed E-state index contributed by atoms with van der Waals surface area (Å²) in [6.45, 7) is 2.78. The lowest BCUT2D eigenvalue weighted by molar-refractivity contribution is -0.137. The molecule has 1 heterocycles. The number of carbonyl (C=O) groups is 2. The van der Waals surface area contributed by atoms with Gasteiger partial charge in [0, 0.05) is 6.54 Å². The van der Waals surface area contributed by atoms with Gasteiger partial charge in [0.25, 0.3) is 5.91 Å². The molecule has 1 aliphatic heterocycles. The summed E-state index contributed by atoms with van der Waals surface area (Å²) >= 11 is 0. The van der Waals surface area contributed by atoms with E-state index in [1.807, 2.05) is 25.1 Å². The minimum Gasteiger partial charge on any atom is -0.484 e. The molecular formula is C16H22N2O4. The van der Waals surface area contributed by atoms with Gasteiger partial charge in [-0.15, -0.1) is 0 Å². The molecule has 0 aliphatic carbocycles. The normalized spacial score (nSPS) is 21.0. The number of benzene rings is 1. The second-order valence-electron chi connectivity index (χ2n) is 5.16. The van der Waals surface area contributed by atoms with E-state index in [9.17, 15) is 9.59 Å². The van der Waals surface area contributed by atoms with Crippen molar-refractivity contribution in [1.82, 2.24) is 10.6 Å². The van der Waals surface area contributed by atoms with Gasteiger partial charge in [0.05, 0.1) is 12.6 Å². The van der Waals surface area contributed by atoms with Crippen LogP contribution in [0.25, 0.3) is 0 Å². The van der Waals surface area contributed by atoms with E-state index in [1.165, 1.54) is 0 Å². The second-order valence-corrected chi connectivity index (χ2v) is 5.16. The first-order valence-electron chi connectivity index (χ1n) is 7.55. The van der Waals surface area contributed by atoms with Crippen LogP contribution in [-0.2, 0) is 14.3 Å². The number of ether oxygens (including phenoxy) is 2. The monoisotopic (exact) mass is 306 g/mol. The Kier molecular flexibility index (Phi) is 6.21. The largest absolute Gasteiger partial charge is 0.484 e. The quantitative estimate of drug-likeness (QED) is 0.817. The fraction of sp³-hybridized carbons (Fsp3) is 0.500. The van der Waals surface area contributed by atoms with Crippen LogP contribution in [0, 0.1) is 0 Å². The van der Waals surface area contributed by atoms with E-state index >= 15 is 0 Å². The molecule has 0 saturated carbocycles. The standard InChI is InChI=1S/C16H22N2O4/c1-2-17-16(20)14-9-8-12(10-22-14)18-15(19)11-21-13-6-4-3-5-7-13/h3-7,12,14H,2,8-11H2,1H3,(H,17,20)(H,18,19). The van der Waals surface area contributed by atoms with Crippen LogP contribution in [0.1, 0.15) is 19.8 Å². The molecule has 2 amide bonds. The van der Waals surface area contributed by atoms with Crippen molar-refractivity contribution in [3.8, 4) is 5.75 Å². The molecule has 22 heavy (non-hydrogen) atoms. The number of hydrogen-bond donors (Lipinski definition) is 2. The number of para-hydroxylation sites is 1. The molecule has 0 radical (unpaired) electrons. The lowest BCUT2D eigenvalue weighted by Gasteiger charge is -2.28. The molecule has 1 fully saturated rings. The third-order valence-electron chi connectivity index (χ3n) is 3.40. The molecular weight excluding hydrogens is 284 g/mol. The van der Waals surface area contributed by atoms with Gasteiger partial charge in [-0.05, 0) is 31.9 Å². The predicted octanol–water partition coefficient (Wildman–Crippen LogP) is 0.865. The Morgan fingerprint density at radius 2 is 2.05 bits per heavy atom. The van der Waals surface area contributed by atoms with E-state index in [-0.39, 0.29) is 24.5 Å². The molecule has 1 aromatic carbocycles. The fourth-order valence-corrected chi connectivity index (χ4v) is 2.30. The zero-order chi connectivity index (χ0) is 15.8. The number of hydrogen-bond acceptors (Lipinski definition) is 4. The maximum Gasteiger partial charge on any atom is 0.258 e. The zero-order valence-electron chi connectivity index (χ0n) is 12.7. The second kappa shape index (κ2) is 8.38. The molecule has 1 saturated heterocycles. The van der Waals surface area contributed by atoms with Crippen molar-refractivity contribution in [3.05, 3.63) is 30.3 Å². The lowest BCUT2D eigenvalue weighted by Crippen LogP contribution is -2.48.